The predicted octanol–water partition coefficient (Wildman–Crippen LogP) is 1.94. The highest BCUT2D eigenvalue weighted by molar-refractivity contribution is 6.74. The zero-order chi connectivity index (χ0) is 19.6. The first-order valence-corrected chi connectivity index (χ1v) is 11.7. The van der Waals surface area contributed by atoms with Crippen molar-refractivity contribution in [2.75, 3.05) is 13.2 Å². The Balaban J connectivity index is 1.90. The monoisotopic (exact) mass is 382 g/mol. The SMILES string of the molecule is CC(C)(C)[Si](C)(C)OCC1=C(C(=O)O)N2C(=O)[C@@H]3[C@H]2C1CCN3C(=O)O. The van der Waals surface area contributed by atoms with E-state index in [-0.39, 0.29) is 29.8 Å². The van der Waals surface area contributed by atoms with E-state index in [4.69, 9.17) is 4.43 Å². The number of rotatable bonds is 4. The number of likely N-dealkylation sites (tertiary alicyclic amines) is 1. The van der Waals surface area contributed by atoms with E-state index in [1.807, 2.05) is 0 Å². The van der Waals surface area contributed by atoms with E-state index in [1.54, 1.807) is 0 Å². The van der Waals surface area contributed by atoms with Gasteiger partial charge in [0.25, 0.3) is 5.91 Å². The van der Waals surface area contributed by atoms with Crippen molar-refractivity contribution in [3.8, 4) is 0 Å². The summed E-state index contributed by atoms with van der Waals surface area (Å²) in [6.07, 6.45) is -0.631. The first-order valence-electron chi connectivity index (χ1n) is 8.81. The smallest absolute Gasteiger partial charge is 0.408 e. The summed E-state index contributed by atoms with van der Waals surface area (Å²) in [6, 6.07) is -1.18. The van der Waals surface area contributed by atoms with Gasteiger partial charge in [-0.3, -0.25) is 14.6 Å². The van der Waals surface area contributed by atoms with Crippen molar-refractivity contribution >= 4 is 26.3 Å². The molecule has 0 aromatic heterocycles. The van der Waals surface area contributed by atoms with E-state index < -0.39 is 38.4 Å². The zero-order valence-corrected chi connectivity index (χ0v) is 16.8. The Bertz CT molecular complexity index is 711. The zero-order valence-electron chi connectivity index (χ0n) is 15.8. The molecule has 3 aliphatic rings. The van der Waals surface area contributed by atoms with E-state index in [9.17, 15) is 24.6 Å². The molecule has 2 saturated heterocycles. The molecule has 0 radical (unpaired) electrons. The largest absolute Gasteiger partial charge is 0.477 e. The van der Waals surface area contributed by atoms with Gasteiger partial charge in [0.1, 0.15) is 11.7 Å². The first kappa shape index (κ1) is 18.9. The number of carbonyl (C=O) groups excluding carboxylic acids is 1. The van der Waals surface area contributed by atoms with Crippen LogP contribution in [-0.4, -0.2) is 71.5 Å². The van der Waals surface area contributed by atoms with Gasteiger partial charge >= 0.3 is 12.1 Å². The normalized spacial score (nSPS) is 28.2. The maximum atomic E-state index is 12.5. The van der Waals surface area contributed by atoms with Crippen LogP contribution in [0.5, 0.6) is 0 Å². The van der Waals surface area contributed by atoms with Gasteiger partial charge < -0.3 is 14.6 Å². The summed E-state index contributed by atoms with van der Waals surface area (Å²) in [4.78, 5) is 38.1. The van der Waals surface area contributed by atoms with E-state index in [0.717, 1.165) is 4.90 Å². The van der Waals surface area contributed by atoms with Crippen LogP contribution in [0, 0.1) is 5.92 Å². The minimum Gasteiger partial charge on any atom is -0.477 e. The second-order valence-corrected chi connectivity index (χ2v) is 13.6. The van der Waals surface area contributed by atoms with Crippen LogP contribution in [0.4, 0.5) is 4.79 Å². The summed E-state index contributed by atoms with van der Waals surface area (Å²) in [6.45, 7) is 10.9. The lowest BCUT2D eigenvalue weighted by Crippen LogP contribution is -2.73. The van der Waals surface area contributed by atoms with Gasteiger partial charge in [0, 0.05) is 12.5 Å². The van der Waals surface area contributed by atoms with Gasteiger partial charge in [-0.1, -0.05) is 20.8 Å². The van der Waals surface area contributed by atoms with Gasteiger partial charge in [-0.05, 0) is 30.1 Å². The Labute approximate surface area is 153 Å². The average molecular weight is 382 g/mol. The maximum Gasteiger partial charge on any atom is 0.408 e. The molecule has 0 bridgehead atoms. The molecule has 9 heteroatoms. The molecule has 0 aliphatic carbocycles. The fourth-order valence-corrected chi connectivity index (χ4v) is 4.82. The molecule has 0 saturated carbocycles. The molecule has 3 atom stereocenters. The highest BCUT2D eigenvalue weighted by Crippen LogP contribution is 2.49. The summed E-state index contributed by atoms with van der Waals surface area (Å²) in [5.41, 5.74) is 0.625. The van der Waals surface area contributed by atoms with E-state index in [2.05, 4.69) is 33.9 Å². The molecule has 1 unspecified atom stereocenters. The number of hydrogen-bond acceptors (Lipinski definition) is 4. The number of aliphatic carboxylic acids is 1. The molecular formula is C17H26N2O6Si. The van der Waals surface area contributed by atoms with Crippen molar-refractivity contribution in [3.05, 3.63) is 11.3 Å². The van der Waals surface area contributed by atoms with Crippen molar-refractivity contribution in [1.29, 1.82) is 0 Å². The van der Waals surface area contributed by atoms with Crippen molar-refractivity contribution < 1.29 is 29.0 Å². The number of carboxylic acid groups (broad SMARTS) is 2. The van der Waals surface area contributed by atoms with Crippen LogP contribution in [0.25, 0.3) is 0 Å². The molecule has 0 aromatic carbocycles. The molecule has 0 spiro atoms. The molecule has 3 rings (SSSR count). The summed E-state index contributed by atoms with van der Waals surface area (Å²) in [7, 11) is -2.09. The molecule has 2 fully saturated rings. The van der Waals surface area contributed by atoms with E-state index >= 15 is 0 Å². The summed E-state index contributed by atoms with van der Waals surface area (Å²) in [5.74, 6) is -1.74. The van der Waals surface area contributed by atoms with Crippen LogP contribution in [-0.2, 0) is 14.0 Å². The summed E-state index contributed by atoms with van der Waals surface area (Å²) < 4.78 is 6.23. The second kappa shape index (κ2) is 5.82. The predicted molar refractivity (Wildman–Crippen MR) is 95.1 cm³/mol. The lowest BCUT2D eigenvalue weighted by Gasteiger charge is -2.52. The third-order valence-corrected chi connectivity index (χ3v) is 10.9. The van der Waals surface area contributed by atoms with Gasteiger partial charge in [-0.25, -0.2) is 9.59 Å². The van der Waals surface area contributed by atoms with E-state index in [1.165, 1.54) is 4.90 Å². The minimum absolute atomic E-state index is 0.00722. The Morgan fingerprint density at radius 3 is 2.38 bits per heavy atom. The number of piperidine rings is 1. The Hall–Kier alpha value is -1.87. The average Bonchev–Trinajstić information content (AvgIpc) is 2.83. The molecule has 144 valence electrons. The Morgan fingerprint density at radius 1 is 1.27 bits per heavy atom. The van der Waals surface area contributed by atoms with Gasteiger partial charge in [0.15, 0.2) is 8.32 Å². The van der Waals surface area contributed by atoms with Crippen molar-refractivity contribution in [2.45, 2.75) is 57.4 Å². The quantitative estimate of drug-likeness (QED) is 0.568. The van der Waals surface area contributed by atoms with Crippen molar-refractivity contribution in [1.82, 2.24) is 9.80 Å². The highest BCUT2D eigenvalue weighted by atomic mass is 28.4. The van der Waals surface area contributed by atoms with Crippen molar-refractivity contribution in [3.63, 3.8) is 0 Å². The third kappa shape index (κ3) is 2.56. The Kier molecular flexibility index (Phi) is 4.23. The molecule has 0 aromatic rings. The minimum atomic E-state index is -2.09. The number of amides is 2. The fraction of sp³-hybridized carbons (Fsp3) is 0.706. The van der Waals surface area contributed by atoms with Gasteiger partial charge in [0.05, 0.1) is 12.6 Å². The number of carboxylic acids is 1. The van der Waals surface area contributed by atoms with Crippen LogP contribution >= 0.6 is 0 Å². The first-order chi connectivity index (χ1) is 11.9. The second-order valence-electron chi connectivity index (χ2n) is 8.74. The highest BCUT2D eigenvalue weighted by Gasteiger charge is 2.64. The fourth-order valence-electron chi connectivity index (χ4n) is 3.88. The number of β-lactam (4-membered cyclic amide) rings is 1. The van der Waals surface area contributed by atoms with Gasteiger partial charge in [0.2, 0.25) is 0 Å². The molecule has 2 amide bonds. The van der Waals surface area contributed by atoms with E-state index in [0.29, 0.717) is 12.0 Å². The summed E-state index contributed by atoms with van der Waals surface area (Å²) >= 11 is 0. The topological polar surface area (TPSA) is 107 Å². The lowest BCUT2D eigenvalue weighted by molar-refractivity contribution is -0.161. The lowest BCUT2D eigenvalue weighted by atomic mass is 9.78. The molecule has 26 heavy (non-hydrogen) atoms. The number of hydrogen-bond donors (Lipinski definition) is 2. The summed E-state index contributed by atoms with van der Waals surface area (Å²) in [5, 5.41) is 19.0. The molecular weight excluding hydrogens is 356 g/mol. The van der Waals surface area contributed by atoms with Gasteiger partial charge in [-0.2, -0.15) is 0 Å². The van der Waals surface area contributed by atoms with Crippen LogP contribution in [0.1, 0.15) is 27.2 Å². The molecule has 2 N–H and O–H groups in total. The molecule has 3 heterocycles. The maximum absolute atomic E-state index is 12.5. The van der Waals surface area contributed by atoms with Crippen LogP contribution in [0.3, 0.4) is 0 Å². The molecule has 3 aliphatic heterocycles. The van der Waals surface area contributed by atoms with Crippen LogP contribution in [0.15, 0.2) is 11.3 Å². The molecule has 8 nitrogen and oxygen atoms in total. The number of nitrogens with zero attached hydrogens (tertiary/aromatic N) is 2. The van der Waals surface area contributed by atoms with Crippen molar-refractivity contribution in [2.24, 2.45) is 5.92 Å². The third-order valence-electron chi connectivity index (χ3n) is 6.38. The van der Waals surface area contributed by atoms with Crippen LogP contribution in [0.2, 0.25) is 18.1 Å². The van der Waals surface area contributed by atoms with Crippen LogP contribution < -0.4 is 0 Å². The van der Waals surface area contributed by atoms with Gasteiger partial charge in [-0.15, -0.1) is 0 Å². The Morgan fingerprint density at radius 2 is 1.88 bits per heavy atom. The number of carbonyl (C=O) groups is 3. The standard InChI is InChI=1S/C17H26N2O6Si/c1-17(2,3)26(4,5)25-8-10-9-6-7-18(16(23)24)13-11(9)19(14(13)20)12(10)15(21)22/h9,11,13H,6-8H2,1-5H3,(H,21,22)(H,23,24)/t9?,11-,13+/m1/s1.